The molecule has 1 saturated heterocycles. The molecule has 1 amide bonds. The normalized spacial score (nSPS) is 15.1. The fraction of sp³-hybridized carbons (Fsp3) is 0.370. The SMILES string of the molecule is CC1CCN(Cc2nnc(-c3cn(CC(=O)N(C)Cc4ccccc4)c4ccccc34)o2)CC1. The smallest absolute Gasteiger partial charge is 0.249 e. The summed E-state index contributed by atoms with van der Waals surface area (Å²) < 4.78 is 8.06. The van der Waals surface area contributed by atoms with Crippen molar-refractivity contribution >= 4 is 16.8 Å². The van der Waals surface area contributed by atoms with Crippen LogP contribution in [-0.4, -0.2) is 50.6 Å². The van der Waals surface area contributed by atoms with Gasteiger partial charge in [0.25, 0.3) is 0 Å². The highest BCUT2D eigenvalue weighted by Crippen LogP contribution is 2.30. The van der Waals surface area contributed by atoms with Gasteiger partial charge in [-0.25, -0.2) is 0 Å². The molecule has 0 aliphatic carbocycles. The summed E-state index contributed by atoms with van der Waals surface area (Å²) in [4.78, 5) is 17.1. The second kappa shape index (κ2) is 9.81. The molecule has 7 heteroatoms. The molecular weight excluding hydrogens is 426 g/mol. The number of aromatic nitrogens is 3. The molecular formula is C27H31N5O2. The van der Waals surface area contributed by atoms with E-state index in [1.807, 2.05) is 72.4 Å². The molecule has 7 nitrogen and oxygen atoms in total. The number of rotatable bonds is 7. The van der Waals surface area contributed by atoms with Gasteiger partial charge < -0.3 is 13.9 Å². The van der Waals surface area contributed by atoms with Gasteiger partial charge in [-0.05, 0) is 43.5 Å². The van der Waals surface area contributed by atoms with Crippen LogP contribution in [0.25, 0.3) is 22.4 Å². The van der Waals surface area contributed by atoms with Crippen molar-refractivity contribution in [2.45, 2.75) is 39.4 Å². The number of likely N-dealkylation sites (tertiary alicyclic amines) is 1. The summed E-state index contributed by atoms with van der Waals surface area (Å²) in [6, 6.07) is 18.1. The summed E-state index contributed by atoms with van der Waals surface area (Å²) in [7, 11) is 1.84. The average Bonchev–Trinajstić information content (AvgIpc) is 3.46. The van der Waals surface area contributed by atoms with E-state index in [0.29, 0.717) is 24.9 Å². The fourth-order valence-corrected chi connectivity index (χ4v) is 4.60. The van der Waals surface area contributed by atoms with Crippen LogP contribution < -0.4 is 0 Å². The summed E-state index contributed by atoms with van der Waals surface area (Å²) in [5, 5.41) is 9.67. The number of carbonyl (C=O) groups is 1. The molecule has 2 aromatic carbocycles. The van der Waals surface area contributed by atoms with E-state index < -0.39 is 0 Å². The zero-order valence-electron chi connectivity index (χ0n) is 19.9. The Labute approximate surface area is 200 Å². The van der Waals surface area contributed by atoms with Crippen molar-refractivity contribution in [1.82, 2.24) is 24.6 Å². The molecule has 2 aromatic heterocycles. The Hall–Kier alpha value is -3.45. The molecule has 5 rings (SSSR count). The number of para-hydroxylation sites is 1. The monoisotopic (exact) mass is 457 g/mol. The standard InChI is InChI=1S/C27H31N5O2/c1-20-12-14-31(15-13-20)18-25-28-29-27(34-25)23-17-32(24-11-7-6-10-22(23)24)19-26(33)30(2)16-21-8-4-3-5-9-21/h3-11,17,20H,12-16,18-19H2,1-2H3. The van der Waals surface area contributed by atoms with E-state index in [1.165, 1.54) is 12.8 Å². The number of benzene rings is 2. The molecule has 0 spiro atoms. The third-order valence-electron chi connectivity index (χ3n) is 6.71. The molecule has 0 N–H and O–H groups in total. The van der Waals surface area contributed by atoms with Crippen molar-refractivity contribution < 1.29 is 9.21 Å². The van der Waals surface area contributed by atoms with Crippen molar-refractivity contribution in [3.05, 3.63) is 72.2 Å². The van der Waals surface area contributed by atoms with Crippen molar-refractivity contribution in [2.75, 3.05) is 20.1 Å². The Morgan fingerprint density at radius 3 is 2.59 bits per heavy atom. The van der Waals surface area contributed by atoms with E-state index in [4.69, 9.17) is 4.42 Å². The lowest BCUT2D eigenvalue weighted by Crippen LogP contribution is -2.32. The lowest BCUT2D eigenvalue weighted by atomic mass is 9.99. The van der Waals surface area contributed by atoms with Gasteiger partial charge in [-0.15, -0.1) is 10.2 Å². The first-order valence-corrected chi connectivity index (χ1v) is 12.0. The number of likely N-dealkylation sites (N-methyl/N-ethyl adjacent to an activating group) is 1. The van der Waals surface area contributed by atoms with Crippen LogP contribution in [0.1, 0.15) is 31.2 Å². The molecule has 3 heterocycles. The predicted molar refractivity (Wildman–Crippen MR) is 132 cm³/mol. The number of hydrogen-bond acceptors (Lipinski definition) is 5. The van der Waals surface area contributed by atoms with E-state index >= 15 is 0 Å². The van der Waals surface area contributed by atoms with Crippen molar-refractivity contribution in [3.8, 4) is 11.5 Å². The molecule has 34 heavy (non-hydrogen) atoms. The van der Waals surface area contributed by atoms with Gasteiger partial charge in [0.15, 0.2) is 0 Å². The lowest BCUT2D eigenvalue weighted by molar-refractivity contribution is -0.131. The van der Waals surface area contributed by atoms with E-state index in [2.05, 4.69) is 22.0 Å². The minimum atomic E-state index is 0.0432. The van der Waals surface area contributed by atoms with Gasteiger partial charge >= 0.3 is 0 Å². The highest BCUT2D eigenvalue weighted by Gasteiger charge is 2.21. The number of nitrogens with zero attached hydrogens (tertiary/aromatic N) is 5. The van der Waals surface area contributed by atoms with E-state index in [-0.39, 0.29) is 12.5 Å². The summed E-state index contributed by atoms with van der Waals surface area (Å²) in [5.74, 6) is 1.97. The highest BCUT2D eigenvalue weighted by atomic mass is 16.4. The second-order valence-electron chi connectivity index (χ2n) is 9.38. The summed E-state index contributed by atoms with van der Waals surface area (Å²) in [5.41, 5.74) is 2.95. The zero-order chi connectivity index (χ0) is 23.5. The Balaban J connectivity index is 1.34. The zero-order valence-corrected chi connectivity index (χ0v) is 19.9. The van der Waals surface area contributed by atoms with Crippen LogP contribution in [0.3, 0.4) is 0 Å². The van der Waals surface area contributed by atoms with Gasteiger partial charge in [0.05, 0.1) is 12.1 Å². The van der Waals surface area contributed by atoms with Gasteiger partial charge in [0, 0.05) is 30.7 Å². The fourth-order valence-electron chi connectivity index (χ4n) is 4.60. The molecule has 4 aromatic rings. The van der Waals surface area contributed by atoms with Gasteiger partial charge in [0.2, 0.25) is 17.7 Å². The molecule has 0 unspecified atom stereocenters. The van der Waals surface area contributed by atoms with Crippen LogP contribution >= 0.6 is 0 Å². The maximum Gasteiger partial charge on any atom is 0.249 e. The number of piperidine rings is 1. The lowest BCUT2D eigenvalue weighted by Gasteiger charge is -2.28. The molecule has 1 fully saturated rings. The predicted octanol–water partition coefficient (Wildman–Crippen LogP) is 4.58. The van der Waals surface area contributed by atoms with Crippen LogP contribution in [0.15, 0.2) is 65.2 Å². The van der Waals surface area contributed by atoms with Crippen LogP contribution in [0.2, 0.25) is 0 Å². The highest BCUT2D eigenvalue weighted by molar-refractivity contribution is 5.94. The maximum absolute atomic E-state index is 13.0. The minimum absolute atomic E-state index is 0.0432. The van der Waals surface area contributed by atoms with Gasteiger partial charge in [-0.2, -0.15) is 0 Å². The minimum Gasteiger partial charge on any atom is -0.419 e. The largest absolute Gasteiger partial charge is 0.419 e. The van der Waals surface area contributed by atoms with Crippen LogP contribution in [0, 0.1) is 5.92 Å². The molecule has 0 atom stereocenters. The number of hydrogen-bond donors (Lipinski definition) is 0. The first kappa shape index (κ1) is 22.3. The van der Waals surface area contributed by atoms with Gasteiger partial charge in [-0.3, -0.25) is 9.69 Å². The molecule has 0 saturated carbocycles. The molecule has 0 radical (unpaired) electrons. The first-order valence-electron chi connectivity index (χ1n) is 12.0. The molecule has 1 aliphatic rings. The van der Waals surface area contributed by atoms with Gasteiger partial charge in [0.1, 0.15) is 6.54 Å². The van der Waals surface area contributed by atoms with Crippen molar-refractivity contribution in [1.29, 1.82) is 0 Å². The number of amides is 1. The third kappa shape index (κ3) is 4.89. The van der Waals surface area contributed by atoms with Crippen molar-refractivity contribution in [3.63, 3.8) is 0 Å². The summed E-state index contributed by atoms with van der Waals surface area (Å²) in [6.07, 6.45) is 4.38. The quantitative estimate of drug-likeness (QED) is 0.406. The van der Waals surface area contributed by atoms with E-state index in [1.54, 1.807) is 4.90 Å². The Bertz CT molecular complexity index is 1250. The van der Waals surface area contributed by atoms with Gasteiger partial charge in [-0.1, -0.05) is 55.5 Å². The number of carbonyl (C=O) groups excluding carboxylic acids is 1. The Kier molecular flexibility index (Phi) is 6.45. The average molecular weight is 458 g/mol. The third-order valence-corrected chi connectivity index (χ3v) is 6.71. The Morgan fingerprint density at radius 2 is 1.79 bits per heavy atom. The first-order chi connectivity index (χ1) is 16.6. The topological polar surface area (TPSA) is 67.4 Å². The van der Waals surface area contributed by atoms with Crippen LogP contribution in [-0.2, 0) is 24.4 Å². The molecule has 0 bridgehead atoms. The van der Waals surface area contributed by atoms with E-state index in [9.17, 15) is 4.79 Å². The number of fused-ring (bicyclic) bond motifs is 1. The maximum atomic E-state index is 13.0. The van der Waals surface area contributed by atoms with Crippen LogP contribution in [0.5, 0.6) is 0 Å². The molecule has 176 valence electrons. The van der Waals surface area contributed by atoms with Crippen molar-refractivity contribution in [2.24, 2.45) is 5.92 Å². The second-order valence-corrected chi connectivity index (χ2v) is 9.38. The Morgan fingerprint density at radius 1 is 1.06 bits per heavy atom. The molecule has 1 aliphatic heterocycles. The van der Waals surface area contributed by atoms with Crippen LogP contribution in [0.4, 0.5) is 0 Å². The summed E-state index contributed by atoms with van der Waals surface area (Å²) in [6.45, 7) is 5.95. The summed E-state index contributed by atoms with van der Waals surface area (Å²) >= 11 is 0. The van der Waals surface area contributed by atoms with E-state index in [0.717, 1.165) is 41.0 Å².